The lowest BCUT2D eigenvalue weighted by molar-refractivity contribution is 0.581. The van der Waals surface area contributed by atoms with E-state index in [0.29, 0.717) is 5.76 Å². The summed E-state index contributed by atoms with van der Waals surface area (Å²) in [6.07, 6.45) is 0.206. The third-order valence-electron chi connectivity index (χ3n) is 4.82. The van der Waals surface area contributed by atoms with Crippen LogP contribution in [0.2, 0.25) is 0 Å². The first-order valence-electron chi connectivity index (χ1n) is 9.42. The average Bonchev–Trinajstić information content (AvgIpc) is 3.20. The van der Waals surface area contributed by atoms with E-state index >= 15 is 0 Å². The molecule has 1 aliphatic heterocycles. The van der Waals surface area contributed by atoms with E-state index in [2.05, 4.69) is 4.72 Å². The number of fused-ring (bicyclic) bond motifs is 1. The Morgan fingerprint density at radius 2 is 1.52 bits per heavy atom. The van der Waals surface area contributed by atoms with Crippen molar-refractivity contribution in [2.75, 3.05) is 10.5 Å². The normalized spacial score (nSPS) is 12.2. The number of hydrogen-bond acceptors (Lipinski definition) is 5. The van der Waals surface area contributed by atoms with Crippen LogP contribution in [-0.2, 0) is 26.5 Å². The summed E-state index contributed by atoms with van der Waals surface area (Å²) in [5.41, 5.74) is 2.50. The molecule has 0 radical (unpaired) electrons. The Bertz CT molecular complexity index is 1410. The molecule has 0 spiro atoms. The second-order valence-corrected chi connectivity index (χ2v) is 10.4. The summed E-state index contributed by atoms with van der Waals surface area (Å²) in [5, 5.41) is 5.18. The van der Waals surface area contributed by atoms with Crippen LogP contribution >= 0.6 is 0 Å². The average molecular weight is 457 g/mol. The van der Waals surface area contributed by atoms with Crippen molar-refractivity contribution >= 4 is 25.7 Å². The molecule has 31 heavy (non-hydrogen) atoms. The van der Waals surface area contributed by atoms with Crippen molar-refractivity contribution in [3.05, 3.63) is 84.4 Å². The zero-order valence-electron chi connectivity index (χ0n) is 16.4. The highest BCUT2D eigenvalue weighted by Gasteiger charge is 2.19. The predicted molar refractivity (Wildman–Crippen MR) is 120 cm³/mol. The summed E-state index contributed by atoms with van der Waals surface area (Å²) in [5.74, 6) is 1.14. The molecule has 160 valence electrons. The van der Waals surface area contributed by atoms with Gasteiger partial charge in [-0.25, -0.2) is 22.0 Å². The first kappa shape index (κ1) is 21.1. The first-order chi connectivity index (χ1) is 14.7. The van der Waals surface area contributed by atoms with Crippen LogP contribution in [0.3, 0.4) is 0 Å². The van der Waals surface area contributed by atoms with E-state index < -0.39 is 20.0 Å². The molecule has 0 saturated heterocycles. The quantitative estimate of drug-likeness (QED) is 0.440. The first-order valence-corrected chi connectivity index (χ1v) is 12.6. The van der Waals surface area contributed by atoms with E-state index in [1.54, 1.807) is 0 Å². The fraction of sp³-hybridized carbons (Fsp3) is 0.0909. The highest BCUT2D eigenvalue weighted by molar-refractivity contribution is 7.93. The van der Waals surface area contributed by atoms with Gasteiger partial charge in [-0.05, 0) is 42.3 Å². The lowest BCUT2D eigenvalue weighted by atomic mass is 10.0. The van der Waals surface area contributed by atoms with Crippen LogP contribution in [0.15, 0.2) is 88.2 Å². The third kappa shape index (κ3) is 4.79. The zero-order chi connectivity index (χ0) is 22.1. The summed E-state index contributed by atoms with van der Waals surface area (Å²) in [7, 11) is -7.91. The monoisotopic (exact) mass is 456 g/mol. The molecule has 2 aliphatic rings. The second-order valence-electron chi connectivity index (χ2n) is 7.01. The zero-order valence-corrected chi connectivity index (χ0v) is 18.0. The molecule has 7 nitrogen and oxygen atoms in total. The summed E-state index contributed by atoms with van der Waals surface area (Å²) in [4.78, 5) is -0.277. The number of para-hydroxylation sites is 1. The molecular formula is C22H20N2O5S2. The molecule has 0 saturated carbocycles. The van der Waals surface area contributed by atoms with Gasteiger partial charge in [0.25, 0.3) is 0 Å². The highest BCUT2D eigenvalue weighted by Crippen LogP contribution is 2.31. The fourth-order valence-electron chi connectivity index (χ4n) is 3.35. The van der Waals surface area contributed by atoms with E-state index in [1.165, 1.54) is 24.3 Å². The van der Waals surface area contributed by atoms with E-state index in [-0.39, 0.29) is 22.8 Å². The minimum atomic E-state index is -4.07. The summed E-state index contributed by atoms with van der Waals surface area (Å²) in [6.45, 7) is 0. The minimum absolute atomic E-state index is 0.0741. The molecular weight excluding hydrogens is 436 g/mol. The fourth-order valence-corrected chi connectivity index (χ4v) is 5.21. The van der Waals surface area contributed by atoms with Crippen molar-refractivity contribution in [3.8, 4) is 22.6 Å². The Morgan fingerprint density at radius 1 is 0.774 bits per heavy atom. The largest absolute Gasteiger partial charge is 0.456 e. The summed E-state index contributed by atoms with van der Waals surface area (Å²) < 4.78 is 57.1. The van der Waals surface area contributed by atoms with Gasteiger partial charge >= 0.3 is 0 Å². The SMILES string of the molecule is NS(=O)(=O)c1ccccc1NS(=O)(=O)CCc1ccccc1-c1ccc2cccc-2o1. The van der Waals surface area contributed by atoms with Gasteiger partial charge < -0.3 is 4.42 Å². The molecule has 0 bridgehead atoms. The van der Waals surface area contributed by atoms with Crippen molar-refractivity contribution in [1.82, 2.24) is 0 Å². The van der Waals surface area contributed by atoms with Crippen LogP contribution in [0.4, 0.5) is 5.69 Å². The molecule has 1 heterocycles. The van der Waals surface area contributed by atoms with Gasteiger partial charge in [0.15, 0.2) is 0 Å². The van der Waals surface area contributed by atoms with Crippen LogP contribution in [0.25, 0.3) is 22.6 Å². The third-order valence-corrected chi connectivity index (χ3v) is 7.07. The molecule has 0 amide bonds. The standard InChI is InChI=1S/C22H20N2O5S2/c23-31(27,28)22-11-4-3-9-19(22)24-30(25,26)15-14-16-6-1-2-8-18(16)21-13-12-17-7-5-10-20(17)29-21/h1-13,24H,14-15H2,(H2,23,27,28). The van der Waals surface area contributed by atoms with Crippen LogP contribution in [0, 0.1) is 0 Å². The van der Waals surface area contributed by atoms with E-state index in [1.807, 2.05) is 54.6 Å². The second kappa shape index (κ2) is 8.18. The molecule has 2 aromatic rings. The number of anilines is 1. The van der Waals surface area contributed by atoms with Crippen LogP contribution < -0.4 is 9.86 Å². The number of aryl methyl sites for hydroxylation is 1. The van der Waals surface area contributed by atoms with E-state index in [0.717, 1.165) is 22.5 Å². The number of sulfonamides is 2. The number of primary sulfonamides is 1. The van der Waals surface area contributed by atoms with Crippen molar-refractivity contribution in [3.63, 3.8) is 0 Å². The highest BCUT2D eigenvalue weighted by atomic mass is 32.2. The molecule has 3 N–H and O–H groups in total. The summed E-state index contributed by atoms with van der Waals surface area (Å²) in [6, 6.07) is 22.6. The smallest absolute Gasteiger partial charge is 0.240 e. The molecule has 4 rings (SSSR count). The topological polar surface area (TPSA) is 119 Å². The van der Waals surface area contributed by atoms with Gasteiger partial charge in [-0.3, -0.25) is 4.72 Å². The van der Waals surface area contributed by atoms with Gasteiger partial charge in [0.1, 0.15) is 16.4 Å². The molecule has 0 unspecified atom stereocenters. The van der Waals surface area contributed by atoms with Gasteiger partial charge in [0, 0.05) is 11.1 Å². The Labute approximate surface area is 181 Å². The molecule has 9 heteroatoms. The Kier molecular flexibility index (Phi) is 5.57. The van der Waals surface area contributed by atoms with Crippen molar-refractivity contribution in [2.24, 2.45) is 5.14 Å². The molecule has 0 aromatic heterocycles. The van der Waals surface area contributed by atoms with Gasteiger partial charge in [-0.15, -0.1) is 0 Å². The van der Waals surface area contributed by atoms with Crippen molar-refractivity contribution in [1.29, 1.82) is 0 Å². The van der Waals surface area contributed by atoms with E-state index in [9.17, 15) is 16.8 Å². The predicted octanol–water partition coefficient (Wildman–Crippen LogP) is 3.68. The molecule has 0 atom stereocenters. The molecule has 0 fully saturated rings. The number of benzene rings is 2. The van der Waals surface area contributed by atoms with Crippen LogP contribution in [0.5, 0.6) is 0 Å². The number of hydrogen-bond donors (Lipinski definition) is 2. The van der Waals surface area contributed by atoms with Gasteiger partial charge in [0.2, 0.25) is 20.0 Å². The number of nitrogens with two attached hydrogens (primary N) is 1. The Hall–Kier alpha value is -3.14. The molecule has 1 aliphatic carbocycles. The molecule has 2 aromatic carbocycles. The van der Waals surface area contributed by atoms with Gasteiger partial charge in [0.05, 0.1) is 11.4 Å². The minimum Gasteiger partial charge on any atom is -0.456 e. The van der Waals surface area contributed by atoms with Crippen LogP contribution in [-0.4, -0.2) is 22.6 Å². The van der Waals surface area contributed by atoms with Gasteiger partial charge in [-0.1, -0.05) is 48.5 Å². The maximum atomic E-state index is 12.7. The van der Waals surface area contributed by atoms with Crippen molar-refractivity contribution in [2.45, 2.75) is 11.3 Å². The maximum absolute atomic E-state index is 12.7. The number of nitrogens with one attached hydrogen (secondary N) is 1. The van der Waals surface area contributed by atoms with Crippen molar-refractivity contribution < 1.29 is 21.3 Å². The number of rotatable bonds is 7. The van der Waals surface area contributed by atoms with Crippen LogP contribution in [0.1, 0.15) is 5.56 Å². The van der Waals surface area contributed by atoms with Gasteiger partial charge in [-0.2, -0.15) is 0 Å². The lowest BCUT2D eigenvalue weighted by Gasteiger charge is -2.13. The Morgan fingerprint density at radius 3 is 2.32 bits per heavy atom. The lowest BCUT2D eigenvalue weighted by Crippen LogP contribution is -2.21. The summed E-state index contributed by atoms with van der Waals surface area (Å²) >= 11 is 0. The Balaban J connectivity index is 1.57. The maximum Gasteiger partial charge on any atom is 0.240 e. The van der Waals surface area contributed by atoms with E-state index in [4.69, 9.17) is 9.56 Å².